The molecule has 37 heavy (non-hydrogen) atoms. The van der Waals surface area contributed by atoms with Gasteiger partial charge in [0.05, 0.1) is 16.5 Å². The molecule has 0 heterocycles. The number of amides is 2. The van der Waals surface area contributed by atoms with E-state index in [-0.39, 0.29) is 35.5 Å². The van der Waals surface area contributed by atoms with Crippen molar-refractivity contribution in [2.24, 2.45) is 0 Å². The van der Waals surface area contributed by atoms with Gasteiger partial charge in [0, 0.05) is 29.6 Å². The number of nitrogens with zero attached hydrogens (tertiary/aromatic N) is 1. The van der Waals surface area contributed by atoms with Gasteiger partial charge < -0.3 is 10.2 Å². The second-order valence-electron chi connectivity index (χ2n) is 9.34. The molecule has 4 nitrogen and oxygen atoms in total. The second-order valence-corrected chi connectivity index (χ2v) is 10.6. The maximum atomic E-state index is 14.6. The summed E-state index contributed by atoms with van der Waals surface area (Å²) in [6.07, 6.45) is 3.97. The van der Waals surface area contributed by atoms with Gasteiger partial charge in [0.1, 0.15) is 11.9 Å². The van der Waals surface area contributed by atoms with Crippen molar-refractivity contribution < 1.29 is 14.0 Å². The van der Waals surface area contributed by atoms with Crippen molar-refractivity contribution in [1.82, 2.24) is 10.2 Å². The van der Waals surface area contributed by atoms with Gasteiger partial charge in [-0.2, -0.15) is 0 Å². The van der Waals surface area contributed by atoms with E-state index in [9.17, 15) is 14.0 Å². The highest BCUT2D eigenvalue weighted by Gasteiger charge is 2.33. The summed E-state index contributed by atoms with van der Waals surface area (Å²) in [4.78, 5) is 29.0. The lowest BCUT2D eigenvalue weighted by atomic mass is 10.0. The van der Waals surface area contributed by atoms with Crippen LogP contribution in [0.2, 0.25) is 15.1 Å². The Hall–Kier alpha value is -2.60. The van der Waals surface area contributed by atoms with Gasteiger partial charge in [-0.15, -0.1) is 0 Å². The number of carbonyl (C=O) groups excluding carboxylic acids is 2. The molecule has 3 aromatic rings. The zero-order valence-electron chi connectivity index (χ0n) is 20.2. The summed E-state index contributed by atoms with van der Waals surface area (Å²) in [6, 6.07) is 18.2. The summed E-state index contributed by atoms with van der Waals surface area (Å²) < 4.78 is 14.6. The van der Waals surface area contributed by atoms with Gasteiger partial charge in [-0.05, 0) is 48.2 Å². The predicted molar refractivity (Wildman–Crippen MR) is 146 cm³/mol. The van der Waals surface area contributed by atoms with Crippen LogP contribution >= 0.6 is 34.8 Å². The number of benzene rings is 3. The Balaban J connectivity index is 1.70. The first kappa shape index (κ1) is 27.4. The molecule has 1 atom stereocenters. The highest BCUT2D eigenvalue weighted by Crippen LogP contribution is 2.26. The first-order valence-electron chi connectivity index (χ1n) is 12.3. The first-order valence-corrected chi connectivity index (χ1v) is 13.5. The van der Waals surface area contributed by atoms with E-state index < -0.39 is 17.8 Å². The van der Waals surface area contributed by atoms with Gasteiger partial charge in [-0.25, -0.2) is 4.39 Å². The molecule has 3 aromatic carbocycles. The largest absolute Gasteiger partial charge is 0.352 e. The molecule has 0 aliphatic heterocycles. The van der Waals surface area contributed by atoms with E-state index in [1.807, 2.05) is 30.3 Å². The SMILES string of the molecule is O=C(NC1CCCC1)[C@H](Cc1ccccc1)N(Cc1ccc(Cl)c(Cl)c1)C(=O)Cc1c(F)cccc1Cl. The molecule has 0 spiro atoms. The molecule has 0 bridgehead atoms. The average Bonchev–Trinajstić information content (AvgIpc) is 3.39. The minimum atomic E-state index is -0.824. The Morgan fingerprint density at radius 1 is 0.892 bits per heavy atom. The molecule has 8 heteroatoms. The summed E-state index contributed by atoms with van der Waals surface area (Å²) in [6.45, 7) is 0.0946. The number of halogens is 4. The van der Waals surface area contributed by atoms with Crippen LogP contribution in [0.15, 0.2) is 66.7 Å². The van der Waals surface area contributed by atoms with Gasteiger partial charge >= 0.3 is 0 Å². The van der Waals surface area contributed by atoms with Gasteiger partial charge in [-0.3, -0.25) is 9.59 Å². The summed E-state index contributed by atoms with van der Waals surface area (Å²) in [5.41, 5.74) is 1.71. The van der Waals surface area contributed by atoms with Crippen molar-refractivity contribution in [1.29, 1.82) is 0 Å². The van der Waals surface area contributed by atoms with Crippen LogP contribution in [0.5, 0.6) is 0 Å². The van der Waals surface area contributed by atoms with Gasteiger partial charge in [0.15, 0.2) is 0 Å². The standard InChI is InChI=1S/C29H28Cl3FN2O2/c30-23-11-6-12-26(33)22(23)17-28(36)35(18-20-13-14-24(31)25(32)15-20)27(16-19-7-2-1-3-8-19)29(37)34-21-9-4-5-10-21/h1-3,6-8,11-15,21,27H,4-5,9-10,16-18H2,(H,34,37)/t27-/m0/s1. The number of hydrogen-bond donors (Lipinski definition) is 1. The lowest BCUT2D eigenvalue weighted by Gasteiger charge is -2.32. The van der Waals surface area contributed by atoms with Crippen molar-refractivity contribution in [3.8, 4) is 0 Å². The molecular formula is C29H28Cl3FN2O2. The molecule has 0 saturated heterocycles. The smallest absolute Gasteiger partial charge is 0.243 e. The summed E-state index contributed by atoms with van der Waals surface area (Å²) in [5, 5.41) is 4.05. The van der Waals surface area contributed by atoms with Crippen LogP contribution in [0.4, 0.5) is 4.39 Å². The minimum Gasteiger partial charge on any atom is -0.352 e. The van der Waals surface area contributed by atoms with Crippen LogP contribution in [0.25, 0.3) is 0 Å². The molecule has 1 aliphatic carbocycles. The number of nitrogens with one attached hydrogen (secondary N) is 1. The van der Waals surface area contributed by atoms with Crippen LogP contribution in [0, 0.1) is 5.82 Å². The summed E-state index contributed by atoms with van der Waals surface area (Å²) in [5.74, 6) is -1.21. The van der Waals surface area contributed by atoms with Crippen LogP contribution < -0.4 is 5.32 Å². The fourth-order valence-electron chi connectivity index (χ4n) is 4.71. The topological polar surface area (TPSA) is 49.4 Å². The fraction of sp³-hybridized carbons (Fsp3) is 0.310. The van der Waals surface area contributed by atoms with Crippen molar-refractivity contribution in [2.75, 3.05) is 0 Å². The van der Waals surface area contributed by atoms with Crippen molar-refractivity contribution in [3.05, 3.63) is 104 Å². The third kappa shape index (κ3) is 7.25. The predicted octanol–water partition coefficient (Wildman–Crippen LogP) is 7.03. The molecule has 0 radical (unpaired) electrons. The first-order chi connectivity index (χ1) is 17.8. The zero-order chi connectivity index (χ0) is 26.4. The fourth-order valence-corrected chi connectivity index (χ4v) is 5.26. The average molecular weight is 562 g/mol. The van der Waals surface area contributed by atoms with Crippen LogP contribution in [0.3, 0.4) is 0 Å². The Kier molecular flexibility index (Phi) is 9.47. The highest BCUT2D eigenvalue weighted by atomic mass is 35.5. The van der Waals surface area contributed by atoms with Gasteiger partial charge in [0.2, 0.25) is 11.8 Å². The number of rotatable bonds is 9. The van der Waals surface area contributed by atoms with Crippen LogP contribution in [0.1, 0.15) is 42.4 Å². The van der Waals surface area contributed by atoms with Crippen LogP contribution in [-0.4, -0.2) is 28.8 Å². The normalized spacial score (nSPS) is 14.4. The molecule has 1 fully saturated rings. The third-order valence-electron chi connectivity index (χ3n) is 6.70. The maximum Gasteiger partial charge on any atom is 0.243 e. The van der Waals surface area contributed by atoms with Gasteiger partial charge in [0.25, 0.3) is 0 Å². The number of hydrogen-bond acceptors (Lipinski definition) is 2. The second kappa shape index (κ2) is 12.8. The molecular weight excluding hydrogens is 534 g/mol. The molecule has 4 rings (SSSR count). The quantitative estimate of drug-likeness (QED) is 0.305. The molecule has 0 aromatic heterocycles. The van der Waals surface area contributed by atoms with E-state index in [0.29, 0.717) is 22.0 Å². The van der Waals surface area contributed by atoms with E-state index in [1.165, 1.54) is 17.0 Å². The lowest BCUT2D eigenvalue weighted by molar-refractivity contribution is -0.141. The Bertz CT molecular complexity index is 1230. The zero-order valence-corrected chi connectivity index (χ0v) is 22.5. The van der Waals surface area contributed by atoms with E-state index in [4.69, 9.17) is 34.8 Å². The Morgan fingerprint density at radius 3 is 2.30 bits per heavy atom. The van der Waals surface area contributed by atoms with Crippen molar-refractivity contribution in [3.63, 3.8) is 0 Å². The lowest BCUT2D eigenvalue weighted by Crippen LogP contribution is -2.52. The molecule has 0 unspecified atom stereocenters. The van der Waals surface area contributed by atoms with E-state index >= 15 is 0 Å². The summed E-state index contributed by atoms with van der Waals surface area (Å²) in [7, 11) is 0. The Labute approximate surface area is 231 Å². The highest BCUT2D eigenvalue weighted by molar-refractivity contribution is 6.42. The molecule has 194 valence electrons. The minimum absolute atomic E-state index is 0.0775. The van der Waals surface area contributed by atoms with Crippen LogP contribution in [-0.2, 0) is 29.0 Å². The molecule has 2 amide bonds. The summed E-state index contributed by atoms with van der Waals surface area (Å²) >= 11 is 18.6. The van der Waals surface area contributed by atoms with Gasteiger partial charge in [-0.1, -0.05) is 90.1 Å². The van der Waals surface area contributed by atoms with E-state index in [2.05, 4.69) is 5.32 Å². The van der Waals surface area contributed by atoms with E-state index in [1.54, 1.807) is 24.3 Å². The van der Waals surface area contributed by atoms with Crippen molar-refractivity contribution in [2.45, 2.75) is 57.2 Å². The Morgan fingerprint density at radius 2 is 1.62 bits per heavy atom. The van der Waals surface area contributed by atoms with Crippen molar-refractivity contribution >= 4 is 46.6 Å². The molecule has 1 saturated carbocycles. The van der Waals surface area contributed by atoms with E-state index in [0.717, 1.165) is 31.2 Å². The molecule has 1 N–H and O–H groups in total. The molecule has 1 aliphatic rings. The number of carbonyl (C=O) groups is 2. The third-order valence-corrected chi connectivity index (χ3v) is 7.79. The monoisotopic (exact) mass is 560 g/mol. The maximum absolute atomic E-state index is 14.6.